The van der Waals surface area contributed by atoms with E-state index in [-0.39, 0.29) is 6.04 Å². The van der Waals surface area contributed by atoms with E-state index in [1.807, 2.05) is 18.2 Å². The van der Waals surface area contributed by atoms with E-state index in [0.717, 1.165) is 55.8 Å². The minimum atomic E-state index is -4.38. The van der Waals surface area contributed by atoms with Gasteiger partial charge < -0.3 is 10.6 Å². The van der Waals surface area contributed by atoms with Gasteiger partial charge in [0.15, 0.2) is 5.82 Å². The molecule has 158 valence electrons. The molecule has 0 aliphatic carbocycles. The van der Waals surface area contributed by atoms with Crippen LogP contribution in [0.2, 0.25) is 0 Å². The van der Waals surface area contributed by atoms with E-state index in [9.17, 15) is 13.2 Å². The molecule has 0 spiro atoms. The highest BCUT2D eigenvalue weighted by molar-refractivity contribution is 5.89. The van der Waals surface area contributed by atoms with E-state index in [1.54, 1.807) is 13.0 Å². The normalized spacial score (nSPS) is 16.5. The zero-order valence-corrected chi connectivity index (χ0v) is 16.6. The molecule has 2 aromatic carbocycles. The SMILES string of the molecule is C[C@@H](Nc1nnnc2ccc(CN3CCNCC3)cc12)c1cccc(C(F)(F)F)c1. The molecule has 1 fully saturated rings. The topological polar surface area (TPSA) is 66.0 Å². The number of halogens is 3. The fourth-order valence-electron chi connectivity index (χ4n) is 3.63. The second-order valence-electron chi connectivity index (χ2n) is 7.50. The van der Waals surface area contributed by atoms with Gasteiger partial charge in [-0.3, -0.25) is 4.90 Å². The van der Waals surface area contributed by atoms with Gasteiger partial charge in [0.2, 0.25) is 0 Å². The minimum Gasteiger partial charge on any atom is -0.361 e. The molecule has 0 unspecified atom stereocenters. The smallest absolute Gasteiger partial charge is 0.361 e. The second-order valence-corrected chi connectivity index (χ2v) is 7.50. The lowest BCUT2D eigenvalue weighted by molar-refractivity contribution is -0.137. The van der Waals surface area contributed by atoms with Crippen molar-refractivity contribution in [1.82, 2.24) is 25.6 Å². The Bertz CT molecular complexity index is 1020. The van der Waals surface area contributed by atoms with Crippen molar-refractivity contribution in [3.63, 3.8) is 0 Å². The van der Waals surface area contributed by atoms with Gasteiger partial charge >= 0.3 is 6.18 Å². The van der Waals surface area contributed by atoms with Crippen LogP contribution in [-0.2, 0) is 12.7 Å². The fourth-order valence-corrected chi connectivity index (χ4v) is 3.63. The first-order valence-corrected chi connectivity index (χ1v) is 9.89. The van der Waals surface area contributed by atoms with Crippen LogP contribution in [0.25, 0.3) is 10.9 Å². The van der Waals surface area contributed by atoms with Crippen LogP contribution in [-0.4, -0.2) is 46.5 Å². The lowest BCUT2D eigenvalue weighted by Gasteiger charge is -2.27. The lowest BCUT2D eigenvalue weighted by Crippen LogP contribution is -2.42. The number of hydrogen-bond donors (Lipinski definition) is 2. The van der Waals surface area contributed by atoms with Gasteiger partial charge in [0.1, 0.15) is 0 Å². The van der Waals surface area contributed by atoms with Gasteiger partial charge in [-0.1, -0.05) is 18.2 Å². The van der Waals surface area contributed by atoms with Crippen LogP contribution in [0.3, 0.4) is 0 Å². The quantitative estimate of drug-likeness (QED) is 0.662. The van der Waals surface area contributed by atoms with E-state index in [2.05, 4.69) is 30.9 Å². The molecule has 1 aliphatic rings. The van der Waals surface area contributed by atoms with E-state index >= 15 is 0 Å². The maximum atomic E-state index is 13.0. The number of fused-ring (bicyclic) bond motifs is 1. The standard InChI is InChI=1S/C21H23F3N6/c1-14(16-3-2-4-17(12-16)21(22,23)24)26-20-18-11-15(5-6-19(18)27-29-28-20)13-30-9-7-25-8-10-30/h2-6,11-12,14,25H,7-10,13H2,1H3,(H,26,27,28)/t14-/m1/s1. The van der Waals surface area contributed by atoms with Crippen molar-refractivity contribution in [2.24, 2.45) is 0 Å². The summed E-state index contributed by atoms with van der Waals surface area (Å²) in [6.07, 6.45) is -4.38. The van der Waals surface area contributed by atoms with Crippen LogP contribution in [0.1, 0.15) is 29.7 Å². The van der Waals surface area contributed by atoms with Crippen molar-refractivity contribution in [2.45, 2.75) is 25.7 Å². The highest BCUT2D eigenvalue weighted by atomic mass is 19.4. The first-order valence-electron chi connectivity index (χ1n) is 9.89. The van der Waals surface area contributed by atoms with Gasteiger partial charge in [-0.05, 0) is 47.5 Å². The maximum absolute atomic E-state index is 13.0. The summed E-state index contributed by atoms with van der Waals surface area (Å²) in [5.41, 5.74) is 1.67. The number of nitrogens with zero attached hydrogens (tertiary/aromatic N) is 4. The monoisotopic (exact) mass is 416 g/mol. The molecule has 0 amide bonds. The molecule has 2 N–H and O–H groups in total. The van der Waals surface area contributed by atoms with Crippen molar-refractivity contribution in [3.8, 4) is 0 Å². The van der Waals surface area contributed by atoms with Crippen molar-refractivity contribution in [1.29, 1.82) is 0 Å². The van der Waals surface area contributed by atoms with Crippen molar-refractivity contribution < 1.29 is 13.2 Å². The van der Waals surface area contributed by atoms with Crippen molar-refractivity contribution >= 4 is 16.7 Å². The van der Waals surface area contributed by atoms with Crippen LogP contribution in [0.15, 0.2) is 42.5 Å². The van der Waals surface area contributed by atoms with Crippen LogP contribution in [0.5, 0.6) is 0 Å². The number of benzene rings is 2. The molecule has 0 bridgehead atoms. The molecular weight excluding hydrogens is 393 g/mol. The van der Waals surface area contributed by atoms with Gasteiger partial charge in [-0.2, -0.15) is 13.2 Å². The minimum absolute atomic E-state index is 0.385. The Morgan fingerprint density at radius 3 is 2.67 bits per heavy atom. The lowest BCUT2D eigenvalue weighted by atomic mass is 10.0. The summed E-state index contributed by atoms with van der Waals surface area (Å²) in [5.74, 6) is 0.507. The Morgan fingerprint density at radius 1 is 1.10 bits per heavy atom. The Hall–Kier alpha value is -2.78. The molecule has 3 aromatic rings. The summed E-state index contributed by atoms with van der Waals surface area (Å²) >= 11 is 0. The summed E-state index contributed by atoms with van der Waals surface area (Å²) in [4.78, 5) is 2.37. The Labute approximate surface area is 172 Å². The first kappa shape index (κ1) is 20.5. The third-order valence-corrected chi connectivity index (χ3v) is 5.30. The number of anilines is 1. The maximum Gasteiger partial charge on any atom is 0.416 e. The fraction of sp³-hybridized carbons (Fsp3) is 0.381. The van der Waals surface area contributed by atoms with Crippen LogP contribution in [0, 0.1) is 0 Å². The number of nitrogens with one attached hydrogen (secondary N) is 2. The van der Waals surface area contributed by atoms with E-state index in [0.29, 0.717) is 16.9 Å². The van der Waals surface area contributed by atoms with Crippen molar-refractivity contribution in [2.75, 3.05) is 31.5 Å². The highest BCUT2D eigenvalue weighted by Crippen LogP contribution is 2.32. The molecule has 9 heteroatoms. The predicted octanol–water partition coefficient (Wildman–Crippen LogP) is 3.62. The molecule has 30 heavy (non-hydrogen) atoms. The third-order valence-electron chi connectivity index (χ3n) is 5.30. The van der Waals surface area contributed by atoms with E-state index < -0.39 is 11.7 Å². The second kappa shape index (κ2) is 8.53. The first-order chi connectivity index (χ1) is 14.4. The molecule has 1 aromatic heterocycles. The van der Waals surface area contributed by atoms with E-state index in [1.165, 1.54) is 6.07 Å². The average Bonchev–Trinajstić information content (AvgIpc) is 2.74. The summed E-state index contributed by atoms with van der Waals surface area (Å²) < 4.78 is 39.1. The van der Waals surface area contributed by atoms with Gasteiger partial charge in [0.05, 0.1) is 17.1 Å². The molecule has 1 saturated heterocycles. The predicted molar refractivity (Wildman–Crippen MR) is 109 cm³/mol. The molecule has 1 atom stereocenters. The van der Waals surface area contributed by atoms with Crippen LogP contribution in [0.4, 0.5) is 19.0 Å². The average molecular weight is 416 g/mol. The van der Waals surface area contributed by atoms with Gasteiger partial charge in [0.25, 0.3) is 0 Å². The number of aromatic nitrogens is 3. The van der Waals surface area contributed by atoms with E-state index in [4.69, 9.17) is 0 Å². The Balaban J connectivity index is 1.58. The van der Waals surface area contributed by atoms with Crippen LogP contribution >= 0.6 is 0 Å². The molecular formula is C21H23F3N6. The summed E-state index contributed by atoms with van der Waals surface area (Å²) in [6.45, 7) is 6.55. The molecule has 2 heterocycles. The largest absolute Gasteiger partial charge is 0.416 e. The summed E-state index contributed by atoms with van der Waals surface area (Å²) in [5, 5.41) is 19.3. The zero-order chi connectivity index (χ0) is 21.1. The molecule has 4 rings (SSSR count). The number of alkyl halides is 3. The third kappa shape index (κ3) is 4.68. The van der Waals surface area contributed by atoms with Gasteiger partial charge in [0, 0.05) is 38.1 Å². The molecule has 1 aliphatic heterocycles. The number of piperazine rings is 1. The van der Waals surface area contributed by atoms with Gasteiger partial charge in [-0.25, -0.2) is 0 Å². The van der Waals surface area contributed by atoms with Gasteiger partial charge in [-0.15, -0.1) is 10.2 Å². The highest BCUT2D eigenvalue weighted by Gasteiger charge is 2.30. The summed E-state index contributed by atoms with van der Waals surface area (Å²) in [6, 6.07) is 10.9. The number of hydrogen-bond acceptors (Lipinski definition) is 6. The number of rotatable bonds is 5. The Kier molecular flexibility index (Phi) is 5.83. The molecule has 0 radical (unpaired) electrons. The van der Waals surface area contributed by atoms with Crippen molar-refractivity contribution in [3.05, 3.63) is 59.2 Å². The molecule has 6 nitrogen and oxygen atoms in total. The zero-order valence-electron chi connectivity index (χ0n) is 16.6. The molecule has 0 saturated carbocycles. The van der Waals surface area contributed by atoms with Crippen LogP contribution < -0.4 is 10.6 Å². The summed E-state index contributed by atoms with van der Waals surface area (Å²) in [7, 11) is 0. The Morgan fingerprint density at radius 2 is 1.90 bits per heavy atom.